The zero-order chi connectivity index (χ0) is 11.5. The molecule has 86 valence electrons. The predicted octanol–water partition coefficient (Wildman–Crippen LogP) is 1.33. The smallest absolute Gasteiger partial charge is 0.233 e. The van der Waals surface area contributed by atoms with Crippen LogP contribution >= 0.6 is 11.5 Å². The number of aromatic nitrogens is 2. The molecule has 1 unspecified atom stereocenters. The number of aliphatic hydroxyl groups is 1. The number of hydrogen-bond donors (Lipinski definition) is 3. The van der Waals surface area contributed by atoms with Gasteiger partial charge in [0.05, 0.1) is 6.10 Å². The van der Waals surface area contributed by atoms with Crippen molar-refractivity contribution in [1.82, 2.24) is 9.36 Å². The van der Waals surface area contributed by atoms with Crippen LogP contribution in [0.3, 0.4) is 0 Å². The van der Waals surface area contributed by atoms with Crippen molar-refractivity contribution >= 4 is 22.6 Å². The third kappa shape index (κ3) is 4.94. The molecule has 0 saturated carbocycles. The van der Waals surface area contributed by atoms with E-state index in [0.717, 1.165) is 6.42 Å². The zero-order valence-electron chi connectivity index (χ0n) is 9.32. The van der Waals surface area contributed by atoms with Crippen molar-refractivity contribution < 1.29 is 5.11 Å². The van der Waals surface area contributed by atoms with Gasteiger partial charge in [-0.3, -0.25) is 0 Å². The van der Waals surface area contributed by atoms with Gasteiger partial charge in [0.15, 0.2) is 0 Å². The van der Waals surface area contributed by atoms with Crippen LogP contribution in [0.5, 0.6) is 0 Å². The third-order valence-electron chi connectivity index (χ3n) is 1.78. The molecule has 0 aliphatic rings. The summed E-state index contributed by atoms with van der Waals surface area (Å²) in [6.45, 7) is 6.77. The van der Waals surface area contributed by atoms with Gasteiger partial charge in [-0.1, -0.05) is 20.8 Å². The van der Waals surface area contributed by atoms with E-state index in [9.17, 15) is 5.11 Å². The van der Waals surface area contributed by atoms with Gasteiger partial charge in [-0.15, -0.1) is 0 Å². The molecule has 0 aromatic carbocycles. The Morgan fingerprint density at radius 3 is 2.67 bits per heavy atom. The third-order valence-corrected chi connectivity index (χ3v) is 2.47. The van der Waals surface area contributed by atoms with E-state index in [-0.39, 0.29) is 17.5 Å². The molecule has 1 aromatic rings. The van der Waals surface area contributed by atoms with E-state index in [4.69, 9.17) is 5.73 Å². The molecule has 0 amide bonds. The number of anilines is 2. The fraction of sp³-hybridized carbons (Fsp3) is 0.778. The molecular weight excluding hydrogens is 212 g/mol. The maximum atomic E-state index is 9.72. The van der Waals surface area contributed by atoms with E-state index >= 15 is 0 Å². The molecular formula is C9H18N4OS. The van der Waals surface area contributed by atoms with Crippen LogP contribution < -0.4 is 11.1 Å². The lowest BCUT2D eigenvalue weighted by atomic mass is 9.89. The van der Waals surface area contributed by atoms with E-state index in [1.54, 1.807) is 0 Å². The minimum Gasteiger partial charge on any atom is -0.391 e. The first-order valence-electron chi connectivity index (χ1n) is 4.88. The molecule has 0 aliphatic heterocycles. The Morgan fingerprint density at radius 1 is 1.53 bits per heavy atom. The highest BCUT2D eigenvalue weighted by atomic mass is 32.1. The summed E-state index contributed by atoms with van der Waals surface area (Å²) in [7, 11) is 0. The van der Waals surface area contributed by atoms with Crippen molar-refractivity contribution in [3.63, 3.8) is 0 Å². The lowest BCUT2D eigenvalue weighted by molar-refractivity contribution is 0.132. The fourth-order valence-corrected chi connectivity index (χ4v) is 1.79. The topological polar surface area (TPSA) is 84.1 Å². The second kappa shape index (κ2) is 4.76. The summed E-state index contributed by atoms with van der Waals surface area (Å²) >= 11 is 1.20. The average Bonchev–Trinajstić information content (AvgIpc) is 2.45. The lowest BCUT2D eigenvalue weighted by Crippen LogP contribution is -2.25. The number of nitrogen functional groups attached to an aromatic ring is 1. The zero-order valence-corrected chi connectivity index (χ0v) is 10.1. The van der Waals surface area contributed by atoms with Crippen molar-refractivity contribution in [2.75, 3.05) is 17.6 Å². The summed E-state index contributed by atoms with van der Waals surface area (Å²) in [6, 6.07) is 0. The maximum Gasteiger partial charge on any atom is 0.233 e. The van der Waals surface area contributed by atoms with Crippen LogP contribution in [0.25, 0.3) is 0 Å². The van der Waals surface area contributed by atoms with Crippen LogP contribution in [0.2, 0.25) is 0 Å². The van der Waals surface area contributed by atoms with E-state index in [0.29, 0.717) is 11.7 Å². The molecule has 0 fully saturated rings. The molecule has 15 heavy (non-hydrogen) atoms. The van der Waals surface area contributed by atoms with Gasteiger partial charge in [0, 0.05) is 18.1 Å². The molecule has 1 rings (SSSR count). The van der Waals surface area contributed by atoms with Gasteiger partial charge >= 0.3 is 0 Å². The normalized spacial score (nSPS) is 13.9. The Hall–Kier alpha value is -0.880. The molecule has 4 N–H and O–H groups in total. The van der Waals surface area contributed by atoms with Crippen molar-refractivity contribution in [2.24, 2.45) is 5.41 Å². The Kier molecular flexibility index (Phi) is 3.87. The standard InChI is InChI=1S/C9H18N4OS/c1-9(2,3)4-6(14)5-11-8-12-7(10)13-15-8/h6,14H,4-5H2,1-3H3,(H3,10,11,12,13). The van der Waals surface area contributed by atoms with Gasteiger partial charge in [-0.2, -0.15) is 9.36 Å². The Morgan fingerprint density at radius 2 is 2.20 bits per heavy atom. The van der Waals surface area contributed by atoms with Gasteiger partial charge < -0.3 is 16.2 Å². The average molecular weight is 230 g/mol. The molecule has 1 heterocycles. The molecule has 6 heteroatoms. The number of nitrogens with one attached hydrogen (secondary N) is 1. The summed E-state index contributed by atoms with van der Waals surface area (Å²) in [5.41, 5.74) is 5.50. The number of rotatable bonds is 4. The maximum absolute atomic E-state index is 9.72. The molecule has 1 aromatic heterocycles. The summed E-state index contributed by atoms with van der Waals surface area (Å²) in [5, 5.41) is 13.4. The lowest BCUT2D eigenvalue weighted by Gasteiger charge is -2.22. The molecule has 0 bridgehead atoms. The van der Waals surface area contributed by atoms with Crippen LogP contribution in [0.4, 0.5) is 11.1 Å². The number of aliphatic hydroxyl groups excluding tert-OH is 1. The first kappa shape index (κ1) is 12.2. The van der Waals surface area contributed by atoms with Gasteiger partial charge in [-0.05, 0) is 11.8 Å². The Bertz CT molecular complexity index is 307. The Balaban J connectivity index is 2.31. The van der Waals surface area contributed by atoms with Crippen LogP contribution in [-0.2, 0) is 0 Å². The highest BCUT2D eigenvalue weighted by Crippen LogP contribution is 2.21. The van der Waals surface area contributed by atoms with Gasteiger partial charge in [0.2, 0.25) is 11.1 Å². The largest absolute Gasteiger partial charge is 0.391 e. The molecule has 0 saturated heterocycles. The second-order valence-corrected chi connectivity index (χ2v) is 5.51. The Labute approximate surface area is 93.9 Å². The van der Waals surface area contributed by atoms with Crippen molar-refractivity contribution in [3.8, 4) is 0 Å². The molecule has 5 nitrogen and oxygen atoms in total. The number of hydrogen-bond acceptors (Lipinski definition) is 6. The van der Waals surface area contributed by atoms with Crippen LogP contribution in [0.1, 0.15) is 27.2 Å². The summed E-state index contributed by atoms with van der Waals surface area (Å²) in [4.78, 5) is 3.94. The molecule has 0 aliphatic carbocycles. The van der Waals surface area contributed by atoms with Crippen LogP contribution in [0, 0.1) is 5.41 Å². The highest BCUT2D eigenvalue weighted by Gasteiger charge is 2.16. The highest BCUT2D eigenvalue weighted by molar-refractivity contribution is 7.09. The van der Waals surface area contributed by atoms with E-state index < -0.39 is 0 Å². The summed E-state index contributed by atoms with van der Waals surface area (Å²) in [5.74, 6) is 0.271. The first-order chi connectivity index (χ1) is 6.87. The number of nitrogens with zero attached hydrogens (tertiary/aromatic N) is 2. The van der Waals surface area contributed by atoms with Gasteiger partial charge in [-0.25, -0.2) is 0 Å². The SMILES string of the molecule is CC(C)(C)CC(O)CNc1nc(N)ns1. The quantitative estimate of drug-likeness (QED) is 0.726. The van der Waals surface area contributed by atoms with E-state index in [2.05, 4.69) is 35.4 Å². The monoisotopic (exact) mass is 230 g/mol. The van der Waals surface area contributed by atoms with E-state index in [1.807, 2.05) is 0 Å². The molecule has 0 spiro atoms. The van der Waals surface area contributed by atoms with Crippen molar-refractivity contribution in [1.29, 1.82) is 0 Å². The van der Waals surface area contributed by atoms with Crippen LogP contribution in [-0.4, -0.2) is 27.1 Å². The predicted molar refractivity (Wildman–Crippen MR) is 62.9 cm³/mol. The summed E-state index contributed by atoms with van der Waals surface area (Å²) < 4.78 is 3.83. The van der Waals surface area contributed by atoms with Crippen molar-refractivity contribution in [2.45, 2.75) is 33.3 Å². The fourth-order valence-electron chi connectivity index (χ4n) is 1.29. The minimum absolute atomic E-state index is 0.126. The molecule has 1 atom stereocenters. The second-order valence-electron chi connectivity index (χ2n) is 4.76. The van der Waals surface area contributed by atoms with E-state index in [1.165, 1.54) is 11.5 Å². The minimum atomic E-state index is -0.380. The van der Waals surface area contributed by atoms with Gasteiger partial charge in [0.25, 0.3) is 0 Å². The molecule has 0 radical (unpaired) electrons. The number of nitrogens with two attached hydrogens (primary N) is 1. The summed E-state index contributed by atoms with van der Waals surface area (Å²) in [6.07, 6.45) is 0.365. The van der Waals surface area contributed by atoms with Gasteiger partial charge in [0.1, 0.15) is 0 Å². The first-order valence-corrected chi connectivity index (χ1v) is 5.65. The van der Waals surface area contributed by atoms with Crippen LogP contribution in [0.15, 0.2) is 0 Å². The van der Waals surface area contributed by atoms with Crippen molar-refractivity contribution in [3.05, 3.63) is 0 Å².